The molecule has 0 aliphatic heterocycles. The first-order valence-corrected chi connectivity index (χ1v) is 7.42. The van der Waals surface area contributed by atoms with Gasteiger partial charge in [-0.2, -0.15) is 0 Å². The molecule has 2 rings (SSSR count). The van der Waals surface area contributed by atoms with Crippen molar-refractivity contribution < 1.29 is 0 Å². The standard InChI is InChI=1S/C17H20BrN/c1-12-7-6-8-15(13(12)2)11-19-14(3)16-9-4-5-10-17(16)18/h4-10,14,19H,11H2,1-3H3. The maximum absolute atomic E-state index is 3.61. The Bertz CT molecular complexity index is 563. The fourth-order valence-corrected chi connectivity index (χ4v) is 2.83. The van der Waals surface area contributed by atoms with Crippen molar-refractivity contribution in [2.24, 2.45) is 0 Å². The monoisotopic (exact) mass is 317 g/mol. The van der Waals surface area contributed by atoms with Crippen LogP contribution in [-0.4, -0.2) is 0 Å². The van der Waals surface area contributed by atoms with Crippen LogP contribution >= 0.6 is 15.9 Å². The second-order valence-corrected chi connectivity index (χ2v) is 5.84. The minimum Gasteiger partial charge on any atom is -0.306 e. The van der Waals surface area contributed by atoms with E-state index in [9.17, 15) is 0 Å². The maximum Gasteiger partial charge on any atom is 0.0306 e. The molecule has 19 heavy (non-hydrogen) atoms. The van der Waals surface area contributed by atoms with Gasteiger partial charge in [0.1, 0.15) is 0 Å². The summed E-state index contributed by atoms with van der Waals surface area (Å²) < 4.78 is 1.16. The van der Waals surface area contributed by atoms with Crippen LogP contribution in [-0.2, 0) is 6.54 Å². The molecule has 1 unspecified atom stereocenters. The van der Waals surface area contributed by atoms with Crippen LogP contribution in [0.25, 0.3) is 0 Å². The Morgan fingerprint density at radius 1 is 1.05 bits per heavy atom. The fourth-order valence-electron chi connectivity index (χ4n) is 2.20. The third-order valence-electron chi connectivity index (χ3n) is 3.69. The van der Waals surface area contributed by atoms with Crippen molar-refractivity contribution in [2.45, 2.75) is 33.4 Å². The Morgan fingerprint density at radius 3 is 2.53 bits per heavy atom. The highest BCUT2D eigenvalue weighted by Crippen LogP contribution is 2.23. The zero-order chi connectivity index (χ0) is 13.8. The predicted molar refractivity (Wildman–Crippen MR) is 85.3 cm³/mol. The van der Waals surface area contributed by atoms with Gasteiger partial charge in [0.2, 0.25) is 0 Å². The van der Waals surface area contributed by atoms with E-state index in [0.717, 1.165) is 11.0 Å². The third kappa shape index (κ3) is 3.46. The first kappa shape index (κ1) is 14.3. The van der Waals surface area contributed by atoms with E-state index in [1.165, 1.54) is 22.3 Å². The highest BCUT2D eigenvalue weighted by Gasteiger charge is 2.09. The molecule has 0 bridgehead atoms. The van der Waals surface area contributed by atoms with Gasteiger partial charge in [0, 0.05) is 17.1 Å². The largest absolute Gasteiger partial charge is 0.306 e. The van der Waals surface area contributed by atoms with Crippen molar-refractivity contribution >= 4 is 15.9 Å². The maximum atomic E-state index is 3.61. The van der Waals surface area contributed by atoms with Crippen LogP contribution in [0.4, 0.5) is 0 Å². The normalized spacial score (nSPS) is 12.4. The molecule has 1 atom stereocenters. The number of benzene rings is 2. The van der Waals surface area contributed by atoms with Crippen LogP contribution in [0.1, 0.15) is 35.2 Å². The first-order valence-electron chi connectivity index (χ1n) is 6.62. The summed E-state index contributed by atoms with van der Waals surface area (Å²) in [5.74, 6) is 0. The summed E-state index contributed by atoms with van der Waals surface area (Å²) in [5.41, 5.74) is 5.41. The van der Waals surface area contributed by atoms with Gasteiger partial charge >= 0.3 is 0 Å². The second kappa shape index (κ2) is 6.36. The minimum atomic E-state index is 0.329. The minimum absolute atomic E-state index is 0.329. The zero-order valence-corrected chi connectivity index (χ0v) is 13.3. The molecule has 0 saturated carbocycles. The molecule has 0 aliphatic carbocycles. The van der Waals surface area contributed by atoms with E-state index >= 15 is 0 Å². The SMILES string of the molecule is Cc1cccc(CNC(C)c2ccccc2Br)c1C. The summed E-state index contributed by atoms with van der Waals surface area (Å²) in [6.45, 7) is 7.45. The van der Waals surface area contributed by atoms with Gasteiger partial charge in [-0.15, -0.1) is 0 Å². The molecule has 2 aromatic rings. The molecule has 0 spiro atoms. The summed E-state index contributed by atoms with van der Waals surface area (Å²) in [6, 6.07) is 15.2. The van der Waals surface area contributed by atoms with Crippen molar-refractivity contribution in [1.29, 1.82) is 0 Å². The summed E-state index contributed by atoms with van der Waals surface area (Å²) >= 11 is 3.61. The summed E-state index contributed by atoms with van der Waals surface area (Å²) in [4.78, 5) is 0. The van der Waals surface area contributed by atoms with Crippen molar-refractivity contribution in [2.75, 3.05) is 0 Å². The molecule has 0 heterocycles. The van der Waals surface area contributed by atoms with E-state index in [1.807, 2.05) is 6.07 Å². The number of rotatable bonds is 4. The number of halogens is 1. The van der Waals surface area contributed by atoms with Gasteiger partial charge in [0.15, 0.2) is 0 Å². The number of aryl methyl sites for hydroxylation is 1. The van der Waals surface area contributed by atoms with Gasteiger partial charge in [-0.25, -0.2) is 0 Å². The molecule has 0 aromatic heterocycles. The van der Waals surface area contributed by atoms with E-state index in [2.05, 4.69) is 78.4 Å². The number of nitrogens with one attached hydrogen (secondary N) is 1. The van der Waals surface area contributed by atoms with E-state index in [4.69, 9.17) is 0 Å². The average Bonchev–Trinajstić information content (AvgIpc) is 2.40. The van der Waals surface area contributed by atoms with E-state index in [1.54, 1.807) is 0 Å². The van der Waals surface area contributed by atoms with Crippen LogP contribution < -0.4 is 5.32 Å². The molecular weight excluding hydrogens is 298 g/mol. The fraction of sp³-hybridized carbons (Fsp3) is 0.294. The van der Waals surface area contributed by atoms with Crippen LogP contribution in [0, 0.1) is 13.8 Å². The lowest BCUT2D eigenvalue weighted by Crippen LogP contribution is -2.19. The molecule has 0 fully saturated rings. The van der Waals surface area contributed by atoms with Crippen LogP contribution in [0.3, 0.4) is 0 Å². The van der Waals surface area contributed by atoms with Crippen molar-refractivity contribution in [3.8, 4) is 0 Å². The highest BCUT2D eigenvalue weighted by molar-refractivity contribution is 9.10. The third-order valence-corrected chi connectivity index (χ3v) is 4.41. The Morgan fingerprint density at radius 2 is 1.79 bits per heavy atom. The van der Waals surface area contributed by atoms with Crippen molar-refractivity contribution in [3.05, 3.63) is 69.2 Å². The molecule has 0 amide bonds. The van der Waals surface area contributed by atoms with Gasteiger partial charge in [0.25, 0.3) is 0 Å². The van der Waals surface area contributed by atoms with Gasteiger partial charge < -0.3 is 5.32 Å². The molecule has 100 valence electrons. The Balaban J connectivity index is 2.07. The molecule has 2 heteroatoms. The van der Waals surface area contributed by atoms with Crippen LogP contribution in [0.15, 0.2) is 46.9 Å². The van der Waals surface area contributed by atoms with Gasteiger partial charge in [0.05, 0.1) is 0 Å². The molecule has 2 aromatic carbocycles. The van der Waals surface area contributed by atoms with Crippen LogP contribution in [0.2, 0.25) is 0 Å². The second-order valence-electron chi connectivity index (χ2n) is 4.98. The molecule has 1 nitrogen and oxygen atoms in total. The van der Waals surface area contributed by atoms with Gasteiger partial charge in [-0.1, -0.05) is 52.3 Å². The summed E-state index contributed by atoms with van der Waals surface area (Å²) in [6.07, 6.45) is 0. The first-order chi connectivity index (χ1) is 9.09. The number of hydrogen-bond acceptors (Lipinski definition) is 1. The predicted octanol–water partition coefficient (Wildman–Crippen LogP) is 4.92. The number of hydrogen-bond donors (Lipinski definition) is 1. The summed E-state index contributed by atoms with van der Waals surface area (Å²) in [5, 5.41) is 3.59. The molecule has 0 radical (unpaired) electrons. The Hall–Kier alpha value is -1.12. The lowest BCUT2D eigenvalue weighted by molar-refractivity contribution is 0.571. The molecule has 1 N–H and O–H groups in total. The van der Waals surface area contributed by atoms with Crippen LogP contribution in [0.5, 0.6) is 0 Å². The molecule has 0 saturated heterocycles. The van der Waals surface area contributed by atoms with Crippen molar-refractivity contribution in [3.63, 3.8) is 0 Å². The summed E-state index contributed by atoms with van der Waals surface area (Å²) in [7, 11) is 0. The Kier molecular flexibility index (Phi) is 4.78. The lowest BCUT2D eigenvalue weighted by Gasteiger charge is -2.17. The van der Waals surface area contributed by atoms with E-state index < -0.39 is 0 Å². The van der Waals surface area contributed by atoms with Gasteiger partial charge in [-0.3, -0.25) is 0 Å². The zero-order valence-electron chi connectivity index (χ0n) is 11.7. The molecule has 0 aliphatic rings. The van der Waals surface area contributed by atoms with Gasteiger partial charge in [-0.05, 0) is 49.1 Å². The molecular formula is C17H20BrN. The smallest absolute Gasteiger partial charge is 0.0306 e. The van der Waals surface area contributed by atoms with E-state index in [-0.39, 0.29) is 0 Å². The lowest BCUT2D eigenvalue weighted by atomic mass is 10.0. The van der Waals surface area contributed by atoms with E-state index in [0.29, 0.717) is 6.04 Å². The van der Waals surface area contributed by atoms with Crippen molar-refractivity contribution in [1.82, 2.24) is 5.32 Å². The Labute approximate surface area is 124 Å². The highest BCUT2D eigenvalue weighted by atomic mass is 79.9. The quantitative estimate of drug-likeness (QED) is 0.844. The topological polar surface area (TPSA) is 12.0 Å². The average molecular weight is 318 g/mol.